The van der Waals surface area contributed by atoms with Gasteiger partial charge in [0.15, 0.2) is 0 Å². The Bertz CT molecular complexity index is 544. The van der Waals surface area contributed by atoms with Gasteiger partial charge < -0.3 is 4.74 Å². The van der Waals surface area contributed by atoms with E-state index in [1.165, 1.54) is 11.1 Å². The van der Waals surface area contributed by atoms with Crippen molar-refractivity contribution < 1.29 is 14.3 Å². The molecule has 0 spiro atoms. The lowest BCUT2D eigenvalue weighted by Gasteiger charge is -2.17. The van der Waals surface area contributed by atoms with E-state index in [1.54, 1.807) is 0 Å². The zero-order chi connectivity index (χ0) is 17.9. The Morgan fingerprint density at radius 2 is 1.57 bits per heavy atom. The van der Waals surface area contributed by atoms with Gasteiger partial charge >= 0.3 is 11.9 Å². The molecule has 0 unspecified atom stereocenters. The third-order valence-corrected chi connectivity index (χ3v) is 2.42. The molecule has 0 saturated carbocycles. The monoisotopic (exact) mass is 314 g/mol. The summed E-state index contributed by atoms with van der Waals surface area (Å²) >= 11 is 0. The van der Waals surface area contributed by atoms with E-state index in [0.29, 0.717) is 5.41 Å². The molecule has 23 heavy (non-hydrogen) atoms. The van der Waals surface area contributed by atoms with Crippen LogP contribution in [0.5, 0.6) is 0 Å². The van der Waals surface area contributed by atoms with Gasteiger partial charge in [0.05, 0.1) is 0 Å². The molecule has 0 saturated heterocycles. The van der Waals surface area contributed by atoms with E-state index in [2.05, 4.69) is 45.6 Å². The highest BCUT2D eigenvalue weighted by molar-refractivity contribution is 6.04. The predicted octanol–water partition coefficient (Wildman–Crippen LogP) is 4.95. The van der Waals surface area contributed by atoms with Gasteiger partial charge in [-0.25, -0.2) is 9.59 Å². The molecule has 1 aromatic carbocycles. The smallest absolute Gasteiger partial charge is 0.338 e. The van der Waals surface area contributed by atoms with Crippen molar-refractivity contribution in [2.45, 2.75) is 34.1 Å². The van der Waals surface area contributed by atoms with Crippen LogP contribution in [0.15, 0.2) is 61.2 Å². The van der Waals surface area contributed by atoms with Crippen LogP contribution in [-0.2, 0) is 14.3 Å². The van der Waals surface area contributed by atoms with Gasteiger partial charge in [-0.2, -0.15) is 0 Å². The summed E-state index contributed by atoms with van der Waals surface area (Å²) < 4.78 is 3.97. The number of allylic oxidation sites excluding steroid dienone is 1. The van der Waals surface area contributed by atoms with Gasteiger partial charge in [0.2, 0.25) is 0 Å². The van der Waals surface area contributed by atoms with E-state index in [4.69, 9.17) is 0 Å². The summed E-state index contributed by atoms with van der Waals surface area (Å²) in [6.07, 6.45) is 5.14. The Balaban J connectivity index is 0.000000316. The molecule has 2 rings (SSSR count). The quantitative estimate of drug-likeness (QED) is 0.440. The van der Waals surface area contributed by atoms with Crippen molar-refractivity contribution in [3.8, 4) is 0 Å². The summed E-state index contributed by atoms with van der Waals surface area (Å²) in [5.74, 6) is -1.16. The van der Waals surface area contributed by atoms with Crippen LogP contribution < -0.4 is 0 Å². The standard InChI is InChI=1S/C8H8.C8H16.C4H2O3/c1-2-8-6-4-3-5-7-8;1-7(2)6-8(3,4)5;5-3-1-2-4(6)7-3/h2-7H,1H2;1,6H2,2-5H3;1-2H. The third-order valence-electron chi connectivity index (χ3n) is 2.42. The maximum atomic E-state index is 9.92. The fourth-order valence-corrected chi connectivity index (χ4v) is 1.80. The first-order valence-electron chi connectivity index (χ1n) is 7.40. The number of rotatable bonds is 2. The SMILES string of the molecule is C=C(C)CC(C)(C)C.C=Cc1ccccc1.O=C1C=CC(=O)O1. The number of ether oxygens (including phenoxy) is 1. The van der Waals surface area contributed by atoms with Gasteiger partial charge in [-0.3, -0.25) is 0 Å². The fraction of sp³-hybridized carbons (Fsp3) is 0.300. The molecule has 0 fully saturated rings. The highest BCUT2D eigenvalue weighted by atomic mass is 16.6. The molecule has 3 nitrogen and oxygen atoms in total. The number of esters is 2. The molecule has 0 bridgehead atoms. The molecule has 0 amide bonds. The van der Waals surface area contributed by atoms with Gasteiger partial charge in [0.25, 0.3) is 0 Å². The Kier molecular flexibility index (Phi) is 9.24. The predicted molar refractivity (Wildman–Crippen MR) is 95.7 cm³/mol. The van der Waals surface area contributed by atoms with Gasteiger partial charge in [-0.1, -0.05) is 69.3 Å². The largest absolute Gasteiger partial charge is 0.387 e. The van der Waals surface area contributed by atoms with E-state index in [-0.39, 0.29) is 0 Å². The molecule has 0 atom stereocenters. The highest BCUT2D eigenvalue weighted by Crippen LogP contribution is 2.22. The number of carbonyl (C=O) groups excluding carboxylic acids is 2. The molecule has 1 aliphatic heterocycles. The number of benzene rings is 1. The van der Waals surface area contributed by atoms with Crippen LogP contribution in [0.2, 0.25) is 0 Å². The summed E-state index contributed by atoms with van der Waals surface area (Å²) in [5, 5.41) is 0. The Morgan fingerprint density at radius 1 is 1.09 bits per heavy atom. The first-order valence-corrected chi connectivity index (χ1v) is 7.40. The molecular weight excluding hydrogens is 288 g/mol. The summed E-state index contributed by atoms with van der Waals surface area (Å²) in [6, 6.07) is 10.0. The molecule has 0 aliphatic carbocycles. The first-order chi connectivity index (χ1) is 10.6. The van der Waals surface area contributed by atoms with Crippen LogP contribution in [0.4, 0.5) is 0 Å². The lowest BCUT2D eigenvalue weighted by Crippen LogP contribution is -2.03. The zero-order valence-corrected chi connectivity index (χ0v) is 14.5. The number of hydrogen-bond acceptors (Lipinski definition) is 3. The molecule has 1 aromatic rings. The molecular formula is C20H26O3. The maximum Gasteiger partial charge on any atom is 0.338 e. The van der Waals surface area contributed by atoms with E-state index in [0.717, 1.165) is 18.6 Å². The van der Waals surface area contributed by atoms with Crippen LogP contribution >= 0.6 is 0 Å². The van der Waals surface area contributed by atoms with Gasteiger partial charge in [-0.15, -0.1) is 6.58 Å². The minimum Gasteiger partial charge on any atom is -0.387 e. The lowest BCUT2D eigenvalue weighted by atomic mass is 9.89. The van der Waals surface area contributed by atoms with Crippen LogP contribution in [0.25, 0.3) is 6.08 Å². The molecule has 3 heteroatoms. The van der Waals surface area contributed by atoms with E-state index in [1.807, 2.05) is 36.4 Å². The van der Waals surface area contributed by atoms with E-state index >= 15 is 0 Å². The lowest BCUT2D eigenvalue weighted by molar-refractivity contribution is -0.150. The van der Waals surface area contributed by atoms with Gasteiger partial charge in [0, 0.05) is 12.2 Å². The molecule has 0 aromatic heterocycles. The van der Waals surface area contributed by atoms with E-state index < -0.39 is 11.9 Å². The Hall–Kier alpha value is -2.42. The van der Waals surface area contributed by atoms with Crippen molar-refractivity contribution in [1.29, 1.82) is 0 Å². The van der Waals surface area contributed by atoms with Crippen molar-refractivity contribution in [1.82, 2.24) is 0 Å². The van der Waals surface area contributed by atoms with Crippen LogP contribution in [0.3, 0.4) is 0 Å². The number of hydrogen-bond donors (Lipinski definition) is 0. The zero-order valence-electron chi connectivity index (χ0n) is 14.5. The van der Waals surface area contributed by atoms with Crippen LogP contribution in [-0.4, -0.2) is 11.9 Å². The minimum atomic E-state index is -0.579. The Labute approximate surface area is 139 Å². The Morgan fingerprint density at radius 3 is 1.74 bits per heavy atom. The van der Waals surface area contributed by atoms with Crippen LogP contribution in [0, 0.1) is 5.41 Å². The molecule has 1 aliphatic rings. The van der Waals surface area contributed by atoms with Crippen molar-refractivity contribution in [3.05, 3.63) is 66.8 Å². The molecule has 1 heterocycles. The third kappa shape index (κ3) is 13.0. The van der Waals surface area contributed by atoms with Gasteiger partial charge in [-0.05, 0) is 24.3 Å². The maximum absolute atomic E-state index is 9.92. The normalized spacial score (nSPS) is 12.3. The summed E-state index contributed by atoms with van der Waals surface area (Å²) in [7, 11) is 0. The first kappa shape index (κ1) is 20.6. The van der Waals surface area contributed by atoms with Crippen molar-refractivity contribution in [2.75, 3.05) is 0 Å². The van der Waals surface area contributed by atoms with Gasteiger partial charge in [0.1, 0.15) is 0 Å². The highest BCUT2D eigenvalue weighted by Gasteiger charge is 2.10. The fourth-order valence-electron chi connectivity index (χ4n) is 1.80. The second-order valence-corrected chi connectivity index (χ2v) is 6.38. The molecule has 0 radical (unpaired) electrons. The molecule has 124 valence electrons. The average Bonchev–Trinajstić information content (AvgIpc) is 2.82. The second-order valence-electron chi connectivity index (χ2n) is 6.38. The van der Waals surface area contributed by atoms with Crippen LogP contribution in [0.1, 0.15) is 39.7 Å². The average molecular weight is 314 g/mol. The number of cyclic esters (lactones) is 2. The van der Waals surface area contributed by atoms with Crippen molar-refractivity contribution in [3.63, 3.8) is 0 Å². The van der Waals surface area contributed by atoms with E-state index in [9.17, 15) is 9.59 Å². The van der Waals surface area contributed by atoms with Crippen molar-refractivity contribution in [2.24, 2.45) is 5.41 Å². The number of carbonyl (C=O) groups is 2. The topological polar surface area (TPSA) is 43.4 Å². The summed E-state index contributed by atoms with van der Waals surface area (Å²) in [6.45, 7) is 16.2. The summed E-state index contributed by atoms with van der Waals surface area (Å²) in [4.78, 5) is 19.8. The molecule has 0 N–H and O–H groups in total. The summed E-state index contributed by atoms with van der Waals surface area (Å²) in [5.41, 5.74) is 2.87. The minimum absolute atomic E-state index is 0.422. The van der Waals surface area contributed by atoms with Crippen molar-refractivity contribution >= 4 is 18.0 Å². The second kappa shape index (κ2) is 10.3.